The second kappa shape index (κ2) is 5.73. The maximum atomic E-state index is 6.14. The van der Waals surface area contributed by atoms with Crippen LogP contribution in [-0.4, -0.2) is 13.2 Å². The topological polar surface area (TPSA) is 9.23 Å². The molecule has 1 aliphatic rings. The molecule has 0 N–H and O–H groups in total. The molecule has 0 saturated carbocycles. The summed E-state index contributed by atoms with van der Waals surface area (Å²) in [5, 5.41) is 0.853. The fraction of sp³-hybridized carbons (Fsp3) is 0.571. The van der Waals surface area contributed by atoms with E-state index in [1.807, 2.05) is 0 Å². The minimum absolute atomic E-state index is 0.374. The Morgan fingerprint density at radius 1 is 1.35 bits per heavy atom. The van der Waals surface area contributed by atoms with Crippen molar-refractivity contribution in [3.8, 4) is 0 Å². The Labute approximate surface area is 117 Å². The van der Waals surface area contributed by atoms with Gasteiger partial charge in [-0.1, -0.05) is 33.6 Å². The number of rotatable bonds is 2. The van der Waals surface area contributed by atoms with Crippen molar-refractivity contribution < 1.29 is 4.74 Å². The summed E-state index contributed by atoms with van der Waals surface area (Å²) >= 11 is 9.97. The second-order valence-corrected chi connectivity index (χ2v) is 6.23. The van der Waals surface area contributed by atoms with Gasteiger partial charge in [-0.2, -0.15) is 0 Å². The van der Waals surface area contributed by atoms with Crippen LogP contribution < -0.4 is 0 Å². The zero-order valence-corrected chi connectivity index (χ0v) is 12.6. The van der Waals surface area contributed by atoms with Gasteiger partial charge >= 0.3 is 0 Å². The maximum Gasteiger partial charge on any atom is 0.0508 e. The Kier molecular flexibility index (Phi) is 4.51. The standard InChI is InChI=1S/C14H18BrClO/c1-9-7-13(16)10(2)6-12(9)14(15)11-4-3-5-17-8-11/h6-7,11,14H,3-5,8H2,1-2H3. The van der Waals surface area contributed by atoms with E-state index < -0.39 is 0 Å². The van der Waals surface area contributed by atoms with Gasteiger partial charge in [-0.25, -0.2) is 0 Å². The molecule has 0 radical (unpaired) electrons. The van der Waals surface area contributed by atoms with E-state index in [9.17, 15) is 0 Å². The third-order valence-electron chi connectivity index (χ3n) is 3.45. The van der Waals surface area contributed by atoms with Crippen molar-refractivity contribution in [1.82, 2.24) is 0 Å². The van der Waals surface area contributed by atoms with Crippen LogP contribution in [0.5, 0.6) is 0 Å². The maximum absolute atomic E-state index is 6.14. The molecule has 2 rings (SSSR count). The van der Waals surface area contributed by atoms with Gasteiger partial charge in [0.05, 0.1) is 6.61 Å². The van der Waals surface area contributed by atoms with Crippen molar-refractivity contribution >= 4 is 27.5 Å². The van der Waals surface area contributed by atoms with Gasteiger partial charge in [0.1, 0.15) is 0 Å². The van der Waals surface area contributed by atoms with Crippen molar-refractivity contribution in [2.45, 2.75) is 31.5 Å². The van der Waals surface area contributed by atoms with E-state index in [1.54, 1.807) is 0 Å². The third kappa shape index (κ3) is 3.04. The van der Waals surface area contributed by atoms with Gasteiger partial charge in [-0.3, -0.25) is 0 Å². The summed E-state index contributed by atoms with van der Waals surface area (Å²) in [5.41, 5.74) is 3.75. The molecule has 1 fully saturated rings. The molecular formula is C14H18BrClO. The molecule has 0 spiro atoms. The first-order chi connectivity index (χ1) is 8.09. The van der Waals surface area contributed by atoms with Gasteiger partial charge in [0.2, 0.25) is 0 Å². The molecule has 2 unspecified atom stereocenters. The minimum Gasteiger partial charge on any atom is -0.381 e. The van der Waals surface area contributed by atoms with Crippen molar-refractivity contribution in [2.75, 3.05) is 13.2 Å². The summed E-state index contributed by atoms with van der Waals surface area (Å²) in [6.45, 7) is 5.95. The molecule has 1 saturated heterocycles. The first-order valence-corrected chi connectivity index (χ1v) is 7.37. The zero-order valence-electron chi connectivity index (χ0n) is 10.3. The molecule has 1 heterocycles. The highest BCUT2D eigenvalue weighted by atomic mass is 79.9. The van der Waals surface area contributed by atoms with Gasteiger partial charge < -0.3 is 4.74 Å². The normalized spacial score (nSPS) is 22.5. The molecule has 0 aromatic heterocycles. The highest BCUT2D eigenvalue weighted by Crippen LogP contribution is 2.38. The van der Waals surface area contributed by atoms with Crippen LogP contribution in [0, 0.1) is 19.8 Å². The Morgan fingerprint density at radius 3 is 2.76 bits per heavy atom. The first-order valence-electron chi connectivity index (χ1n) is 6.08. The SMILES string of the molecule is Cc1cc(C(Br)C2CCCOC2)c(C)cc1Cl. The lowest BCUT2D eigenvalue weighted by Gasteiger charge is -2.28. The van der Waals surface area contributed by atoms with Gasteiger partial charge in [0.25, 0.3) is 0 Å². The van der Waals surface area contributed by atoms with Crippen LogP contribution in [-0.2, 0) is 4.74 Å². The number of ether oxygens (including phenoxy) is 1. The molecular weight excluding hydrogens is 300 g/mol. The van der Waals surface area contributed by atoms with E-state index in [4.69, 9.17) is 16.3 Å². The highest BCUT2D eigenvalue weighted by Gasteiger charge is 2.24. The van der Waals surface area contributed by atoms with Crippen LogP contribution in [0.25, 0.3) is 0 Å². The minimum atomic E-state index is 0.374. The predicted octanol–water partition coefficient (Wildman–Crippen LogP) is 4.82. The number of hydrogen-bond donors (Lipinski definition) is 0. The summed E-state index contributed by atoms with van der Waals surface area (Å²) in [7, 11) is 0. The Bertz CT molecular complexity index is 399. The van der Waals surface area contributed by atoms with Crippen molar-refractivity contribution in [1.29, 1.82) is 0 Å². The lowest BCUT2D eigenvalue weighted by Crippen LogP contribution is -2.21. The van der Waals surface area contributed by atoms with E-state index in [1.165, 1.54) is 24.0 Å². The molecule has 1 nitrogen and oxygen atoms in total. The van der Waals surface area contributed by atoms with Crippen LogP contribution >= 0.6 is 27.5 Å². The molecule has 17 heavy (non-hydrogen) atoms. The van der Waals surface area contributed by atoms with Gasteiger partial charge in [-0.05, 0) is 55.4 Å². The summed E-state index contributed by atoms with van der Waals surface area (Å²) in [5.74, 6) is 0.572. The molecule has 94 valence electrons. The molecule has 1 aromatic rings. The molecule has 2 atom stereocenters. The third-order valence-corrected chi connectivity index (χ3v) is 5.10. The van der Waals surface area contributed by atoms with Crippen LogP contribution in [0.15, 0.2) is 12.1 Å². The Morgan fingerprint density at radius 2 is 2.12 bits per heavy atom. The molecule has 1 aromatic carbocycles. The number of aryl methyl sites for hydroxylation is 2. The largest absolute Gasteiger partial charge is 0.381 e. The van der Waals surface area contributed by atoms with Gasteiger partial charge in [-0.15, -0.1) is 0 Å². The molecule has 0 bridgehead atoms. The number of benzene rings is 1. The average molecular weight is 318 g/mol. The second-order valence-electron chi connectivity index (χ2n) is 4.84. The molecule has 1 aliphatic heterocycles. The number of hydrogen-bond acceptors (Lipinski definition) is 1. The average Bonchev–Trinajstić information content (AvgIpc) is 2.34. The lowest BCUT2D eigenvalue weighted by atomic mass is 9.91. The van der Waals surface area contributed by atoms with E-state index in [-0.39, 0.29) is 0 Å². The summed E-state index contributed by atoms with van der Waals surface area (Å²) in [6.07, 6.45) is 2.40. The fourth-order valence-electron chi connectivity index (χ4n) is 2.35. The first kappa shape index (κ1) is 13.4. The fourth-order valence-corrected chi connectivity index (χ4v) is 3.48. The smallest absolute Gasteiger partial charge is 0.0508 e. The van der Waals surface area contributed by atoms with Gasteiger partial charge in [0.15, 0.2) is 0 Å². The molecule has 0 amide bonds. The number of halogens is 2. The Balaban J connectivity index is 2.23. The summed E-state index contributed by atoms with van der Waals surface area (Å²) < 4.78 is 5.56. The van der Waals surface area contributed by atoms with E-state index in [0.29, 0.717) is 10.7 Å². The molecule has 0 aliphatic carbocycles. The van der Waals surface area contributed by atoms with Crippen molar-refractivity contribution in [3.05, 3.63) is 33.8 Å². The zero-order chi connectivity index (χ0) is 12.4. The predicted molar refractivity (Wildman–Crippen MR) is 76.1 cm³/mol. The van der Waals surface area contributed by atoms with Crippen LogP contribution in [0.3, 0.4) is 0 Å². The monoisotopic (exact) mass is 316 g/mol. The van der Waals surface area contributed by atoms with Crippen LogP contribution in [0.1, 0.15) is 34.4 Å². The highest BCUT2D eigenvalue weighted by molar-refractivity contribution is 9.09. The van der Waals surface area contributed by atoms with E-state index in [2.05, 4.69) is 41.9 Å². The van der Waals surface area contributed by atoms with Crippen LogP contribution in [0.4, 0.5) is 0 Å². The van der Waals surface area contributed by atoms with Crippen LogP contribution in [0.2, 0.25) is 5.02 Å². The van der Waals surface area contributed by atoms with E-state index in [0.717, 1.165) is 23.8 Å². The van der Waals surface area contributed by atoms with Crippen molar-refractivity contribution in [3.63, 3.8) is 0 Å². The Hall–Kier alpha value is -0.0500. The summed E-state index contributed by atoms with van der Waals surface area (Å²) in [4.78, 5) is 0.374. The quantitative estimate of drug-likeness (QED) is 0.711. The summed E-state index contributed by atoms with van der Waals surface area (Å²) in [6, 6.07) is 4.26. The lowest BCUT2D eigenvalue weighted by molar-refractivity contribution is 0.0545. The molecule has 3 heteroatoms. The van der Waals surface area contributed by atoms with Gasteiger partial charge in [0, 0.05) is 16.5 Å². The number of alkyl halides is 1. The van der Waals surface area contributed by atoms with Crippen molar-refractivity contribution in [2.24, 2.45) is 5.92 Å². The van der Waals surface area contributed by atoms with E-state index >= 15 is 0 Å².